The maximum absolute atomic E-state index is 10.8. The molecule has 0 spiro atoms. The summed E-state index contributed by atoms with van der Waals surface area (Å²) in [6, 6.07) is -0.405. The van der Waals surface area contributed by atoms with Crippen molar-refractivity contribution in [2.75, 3.05) is 0 Å². The summed E-state index contributed by atoms with van der Waals surface area (Å²) in [6.45, 7) is 0. The second-order valence-electron chi connectivity index (χ2n) is 2.17. The number of amides is 2. The lowest BCUT2D eigenvalue weighted by Gasteiger charge is -2.18. The number of piperidine rings is 1. The molecule has 0 bridgehead atoms. The first-order chi connectivity index (χ1) is 4.74. The van der Waals surface area contributed by atoms with Gasteiger partial charge in [-0.3, -0.25) is 20.7 Å². The Kier molecular flexibility index (Phi) is 1.98. The van der Waals surface area contributed by atoms with Crippen LogP contribution in [0.1, 0.15) is 12.8 Å². The third-order valence-electron chi connectivity index (χ3n) is 1.44. The van der Waals surface area contributed by atoms with Crippen LogP contribution in [0.2, 0.25) is 0 Å². The highest BCUT2D eigenvalue weighted by Crippen LogP contribution is 2.01. The monoisotopic (exact) mass is 143 g/mol. The van der Waals surface area contributed by atoms with Gasteiger partial charge in [0.05, 0.1) is 0 Å². The Balaban J connectivity index is 2.51. The maximum Gasteiger partial charge on any atom is 0.245 e. The molecule has 0 saturated carbocycles. The smallest absolute Gasteiger partial charge is 0.245 e. The molecule has 4 N–H and O–H groups in total. The van der Waals surface area contributed by atoms with Crippen molar-refractivity contribution in [1.29, 1.82) is 0 Å². The van der Waals surface area contributed by atoms with Crippen molar-refractivity contribution in [3.05, 3.63) is 0 Å². The van der Waals surface area contributed by atoms with E-state index in [0.717, 1.165) is 0 Å². The first kappa shape index (κ1) is 7.17. The molecule has 5 heteroatoms. The number of rotatable bonds is 1. The molecule has 1 atom stereocenters. The normalized spacial score (nSPS) is 26.3. The van der Waals surface area contributed by atoms with Crippen molar-refractivity contribution in [3.8, 4) is 0 Å². The number of carbonyl (C=O) groups is 2. The molecule has 0 aliphatic carbocycles. The topological polar surface area (TPSA) is 84.2 Å². The number of hydrogen-bond donors (Lipinski definition) is 3. The van der Waals surface area contributed by atoms with Crippen LogP contribution in [0.4, 0.5) is 0 Å². The van der Waals surface area contributed by atoms with E-state index in [9.17, 15) is 9.59 Å². The number of nitrogens with two attached hydrogens (primary N) is 1. The van der Waals surface area contributed by atoms with E-state index in [1.165, 1.54) is 0 Å². The van der Waals surface area contributed by atoms with Gasteiger partial charge in [-0.15, -0.1) is 0 Å². The Morgan fingerprint density at radius 2 is 2.30 bits per heavy atom. The van der Waals surface area contributed by atoms with Crippen LogP contribution in [-0.2, 0) is 9.59 Å². The minimum atomic E-state index is -0.405. The van der Waals surface area contributed by atoms with Crippen molar-refractivity contribution in [3.63, 3.8) is 0 Å². The summed E-state index contributed by atoms with van der Waals surface area (Å²) in [7, 11) is 0. The summed E-state index contributed by atoms with van der Waals surface area (Å²) >= 11 is 0. The summed E-state index contributed by atoms with van der Waals surface area (Å²) in [5.41, 5.74) is 2.31. The van der Waals surface area contributed by atoms with E-state index in [1.54, 1.807) is 0 Å². The second kappa shape index (κ2) is 2.76. The van der Waals surface area contributed by atoms with Gasteiger partial charge in [0, 0.05) is 6.42 Å². The van der Waals surface area contributed by atoms with Crippen LogP contribution in [-0.4, -0.2) is 17.9 Å². The van der Waals surface area contributed by atoms with Crippen molar-refractivity contribution >= 4 is 11.8 Å². The SMILES string of the molecule is NNC1CCC(=O)NC1=O. The average molecular weight is 143 g/mol. The fraction of sp³-hybridized carbons (Fsp3) is 0.600. The van der Waals surface area contributed by atoms with E-state index in [0.29, 0.717) is 12.8 Å². The number of hydrazine groups is 1. The average Bonchev–Trinajstić information content (AvgIpc) is 1.88. The molecule has 1 aliphatic heterocycles. The van der Waals surface area contributed by atoms with Gasteiger partial charge < -0.3 is 0 Å². The fourth-order valence-electron chi connectivity index (χ4n) is 0.853. The summed E-state index contributed by atoms with van der Waals surface area (Å²) in [4.78, 5) is 21.3. The van der Waals surface area contributed by atoms with Crippen LogP contribution in [0, 0.1) is 0 Å². The molecule has 1 heterocycles. The van der Waals surface area contributed by atoms with Gasteiger partial charge in [-0.05, 0) is 6.42 Å². The molecular weight excluding hydrogens is 134 g/mol. The van der Waals surface area contributed by atoms with Gasteiger partial charge in [0.2, 0.25) is 11.8 Å². The molecule has 5 nitrogen and oxygen atoms in total. The highest BCUT2D eigenvalue weighted by atomic mass is 16.2. The van der Waals surface area contributed by atoms with Gasteiger partial charge in [0.1, 0.15) is 6.04 Å². The van der Waals surface area contributed by atoms with Crippen molar-refractivity contribution < 1.29 is 9.59 Å². The first-order valence-electron chi connectivity index (χ1n) is 3.04. The predicted octanol–water partition coefficient (Wildman–Crippen LogP) is -1.75. The van der Waals surface area contributed by atoms with Gasteiger partial charge >= 0.3 is 0 Å². The third kappa shape index (κ3) is 1.31. The van der Waals surface area contributed by atoms with Crippen LogP contribution < -0.4 is 16.6 Å². The van der Waals surface area contributed by atoms with E-state index >= 15 is 0 Å². The van der Waals surface area contributed by atoms with Crippen LogP contribution in [0.3, 0.4) is 0 Å². The highest BCUT2D eigenvalue weighted by Gasteiger charge is 2.24. The molecule has 0 aromatic carbocycles. The summed E-state index contributed by atoms with van der Waals surface area (Å²) in [5, 5.41) is 2.16. The number of nitrogens with one attached hydrogen (secondary N) is 2. The zero-order valence-electron chi connectivity index (χ0n) is 5.39. The standard InChI is InChI=1S/C5H9N3O2/c6-8-3-1-2-4(9)7-5(3)10/h3,8H,1-2,6H2,(H,7,9,10). The molecule has 0 aromatic heterocycles. The van der Waals surface area contributed by atoms with E-state index in [2.05, 4.69) is 10.7 Å². The molecule has 1 rings (SSSR count). The zero-order valence-corrected chi connectivity index (χ0v) is 5.39. The van der Waals surface area contributed by atoms with Crippen LogP contribution >= 0.6 is 0 Å². The molecule has 1 unspecified atom stereocenters. The van der Waals surface area contributed by atoms with Crippen molar-refractivity contribution in [2.24, 2.45) is 5.84 Å². The van der Waals surface area contributed by atoms with Crippen LogP contribution in [0.25, 0.3) is 0 Å². The second-order valence-corrected chi connectivity index (χ2v) is 2.17. The molecule has 10 heavy (non-hydrogen) atoms. The first-order valence-corrected chi connectivity index (χ1v) is 3.04. The van der Waals surface area contributed by atoms with Gasteiger partial charge in [-0.2, -0.15) is 0 Å². The Labute approximate surface area is 57.9 Å². The predicted molar refractivity (Wildman–Crippen MR) is 33.5 cm³/mol. The van der Waals surface area contributed by atoms with Crippen LogP contribution in [0.5, 0.6) is 0 Å². The van der Waals surface area contributed by atoms with Gasteiger partial charge in [0.15, 0.2) is 0 Å². The molecular formula is C5H9N3O2. The molecule has 56 valence electrons. The fourth-order valence-corrected chi connectivity index (χ4v) is 0.853. The Hall–Kier alpha value is -0.940. The molecule has 0 aromatic rings. The van der Waals surface area contributed by atoms with E-state index in [4.69, 9.17) is 5.84 Å². The lowest BCUT2D eigenvalue weighted by molar-refractivity contribution is -0.134. The van der Waals surface area contributed by atoms with Crippen molar-refractivity contribution in [2.45, 2.75) is 18.9 Å². The Bertz CT molecular complexity index is 168. The zero-order chi connectivity index (χ0) is 7.56. The number of carbonyl (C=O) groups excluding carboxylic acids is 2. The molecule has 0 radical (unpaired) electrons. The lowest BCUT2D eigenvalue weighted by atomic mass is 10.1. The minimum Gasteiger partial charge on any atom is -0.295 e. The summed E-state index contributed by atoms with van der Waals surface area (Å²) < 4.78 is 0. The Morgan fingerprint density at radius 1 is 1.60 bits per heavy atom. The van der Waals surface area contributed by atoms with Gasteiger partial charge in [0.25, 0.3) is 0 Å². The van der Waals surface area contributed by atoms with Crippen molar-refractivity contribution in [1.82, 2.24) is 10.7 Å². The summed E-state index contributed by atoms with van der Waals surface area (Å²) in [5.74, 6) is 4.46. The number of imide groups is 1. The minimum absolute atomic E-state index is 0.225. The summed E-state index contributed by atoms with van der Waals surface area (Å²) in [6.07, 6.45) is 0.849. The number of hydrogen-bond acceptors (Lipinski definition) is 4. The quantitative estimate of drug-likeness (QED) is 0.231. The molecule has 1 saturated heterocycles. The maximum atomic E-state index is 10.8. The molecule has 2 amide bonds. The molecule has 1 aliphatic rings. The van der Waals surface area contributed by atoms with E-state index < -0.39 is 6.04 Å². The highest BCUT2D eigenvalue weighted by molar-refractivity contribution is 6.00. The lowest BCUT2D eigenvalue weighted by Crippen LogP contribution is -2.52. The molecule has 1 fully saturated rings. The van der Waals surface area contributed by atoms with Gasteiger partial charge in [-0.25, -0.2) is 5.43 Å². The van der Waals surface area contributed by atoms with Gasteiger partial charge in [-0.1, -0.05) is 0 Å². The van der Waals surface area contributed by atoms with E-state index in [1.807, 2.05) is 0 Å². The third-order valence-corrected chi connectivity index (χ3v) is 1.44. The van der Waals surface area contributed by atoms with Crippen LogP contribution in [0.15, 0.2) is 0 Å². The van der Waals surface area contributed by atoms with E-state index in [-0.39, 0.29) is 11.8 Å². The Morgan fingerprint density at radius 3 is 2.80 bits per heavy atom. The largest absolute Gasteiger partial charge is 0.295 e.